The number of carbonyl (C=O) groups is 2. The van der Waals surface area contributed by atoms with Gasteiger partial charge in [-0.25, -0.2) is 4.39 Å². The summed E-state index contributed by atoms with van der Waals surface area (Å²) in [7, 11) is 1.74. The maximum Gasteiger partial charge on any atom is 0.255 e. The number of rotatable bonds is 8. The molecule has 8 heteroatoms. The van der Waals surface area contributed by atoms with E-state index in [2.05, 4.69) is 16.2 Å². The molecular weight excluding hydrogens is 375 g/mol. The van der Waals surface area contributed by atoms with Crippen molar-refractivity contribution in [2.75, 3.05) is 20.1 Å². The van der Waals surface area contributed by atoms with Crippen LogP contribution in [0.1, 0.15) is 47.0 Å². The minimum absolute atomic E-state index is 0.0458. The molecule has 2 aromatic rings. The molecule has 1 aromatic heterocycles. The largest absolute Gasteiger partial charge is 0.469 e. The summed E-state index contributed by atoms with van der Waals surface area (Å²) in [6, 6.07) is 8.56. The second kappa shape index (κ2) is 9.67. The summed E-state index contributed by atoms with van der Waals surface area (Å²) in [5, 5.41) is 2.63. The topological polar surface area (TPSA) is 86.6 Å². The number of amides is 2. The van der Waals surface area contributed by atoms with Gasteiger partial charge in [-0.15, -0.1) is 0 Å². The van der Waals surface area contributed by atoms with Crippen LogP contribution in [0.4, 0.5) is 4.39 Å². The van der Waals surface area contributed by atoms with E-state index in [-0.39, 0.29) is 36.3 Å². The molecule has 1 aromatic carbocycles. The summed E-state index contributed by atoms with van der Waals surface area (Å²) in [5.74, 6) is -0.160. The van der Waals surface area contributed by atoms with Crippen molar-refractivity contribution in [2.45, 2.75) is 38.3 Å². The lowest BCUT2D eigenvalue weighted by atomic mass is 9.99. The predicted molar refractivity (Wildman–Crippen MR) is 106 cm³/mol. The van der Waals surface area contributed by atoms with Crippen molar-refractivity contribution >= 4 is 11.8 Å². The van der Waals surface area contributed by atoms with Gasteiger partial charge in [-0.1, -0.05) is 12.1 Å². The van der Waals surface area contributed by atoms with E-state index in [0.29, 0.717) is 17.9 Å². The van der Waals surface area contributed by atoms with E-state index in [1.165, 1.54) is 18.4 Å². The van der Waals surface area contributed by atoms with Gasteiger partial charge in [-0.3, -0.25) is 20.4 Å². The molecule has 1 aliphatic rings. The Morgan fingerprint density at radius 2 is 2.00 bits per heavy atom. The summed E-state index contributed by atoms with van der Waals surface area (Å²) in [5.41, 5.74) is 8.01. The molecule has 1 saturated heterocycles. The fourth-order valence-corrected chi connectivity index (χ4v) is 3.43. The van der Waals surface area contributed by atoms with Crippen molar-refractivity contribution in [2.24, 2.45) is 0 Å². The highest BCUT2D eigenvalue weighted by Gasteiger charge is 2.24. The molecule has 1 aliphatic heterocycles. The minimum atomic E-state index is -0.314. The summed E-state index contributed by atoms with van der Waals surface area (Å²) < 4.78 is 18.1. The smallest absolute Gasteiger partial charge is 0.255 e. The van der Waals surface area contributed by atoms with E-state index in [0.717, 1.165) is 24.8 Å². The van der Waals surface area contributed by atoms with Gasteiger partial charge in [0.25, 0.3) is 5.91 Å². The van der Waals surface area contributed by atoms with Crippen molar-refractivity contribution in [3.05, 3.63) is 59.3 Å². The number of hydrazine groups is 1. The zero-order valence-electron chi connectivity index (χ0n) is 16.7. The molecule has 3 N–H and O–H groups in total. The average molecular weight is 402 g/mol. The van der Waals surface area contributed by atoms with Gasteiger partial charge in [0, 0.05) is 25.7 Å². The third-order valence-corrected chi connectivity index (χ3v) is 5.23. The van der Waals surface area contributed by atoms with Crippen LogP contribution in [0.15, 0.2) is 41.0 Å². The van der Waals surface area contributed by atoms with E-state index in [9.17, 15) is 14.0 Å². The number of hydrogen-bond acceptors (Lipinski definition) is 5. The Kier molecular flexibility index (Phi) is 7.00. The van der Waals surface area contributed by atoms with Crippen LogP contribution in [0.2, 0.25) is 0 Å². The molecule has 0 saturated carbocycles. The zero-order valence-corrected chi connectivity index (χ0v) is 16.7. The first-order valence-electron chi connectivity index (χ1n) is 9.77. The Morgan fingerprint density at radius 1 is 1.24 bits per heavy atom. The van der Waals surface area contributed by atoms with E-state index >= 15 is 0 Å². The molecule has 2 amide bonds. The third-order valence-electron chi connectivity index (χ3n) is 5.23. The van der Waals surface area contributed by atoms with Crippen LogP contribution in [-0.4, -0.2) is 42.9 Å². The Hall–Kier alpha value is -2.71. The van der Waals surface area contributed by atoms with Crippen molar-refractivity contribution in [3.8, 4) is 0 Å². The van der Waals surface area contributed by atoms with Gasteiger partial charge in [-0.2, -0.15) is 0 Å². The normalized spacial score (nSPS) is 18.6. The highest BCUT2D eigenvalue weighted by Crippen LogP contribution is 2.24. The van der Waals surface area contributed by atoms with Gasteiger partial charge in [-0.05, 0) is 49.9 Å². The van der Waals surface area contributed by atoms with Crippen LogP contribution >= 0.6 is 0 Å². The second-order valence-corrected chi connectivity index (χ2v) is 7.36. The molecule has 0 aliphatic carbocycles. The Balaban J connectivity index is 1.34. The Morgan fingerprint density at radius 3 is 2.69 bits per heavy atom. The molecule has 2 atom stereocenters. The van der Waals surface area contributed by atoms with E-state index in [1.54, 1.807) is 37.1 Å². The average Bonchev–Trinajstić information content (AvgIpc) is 3.35. The quantitative estimate of drug-likeness (QED) is 0.631. The molecule has 29 heavy (non-hydrogen) atoms. The number of halogens is 1. The molecule has 1 fully saturated rings. The molecule has 2 heterocycles. The van der Waals surface area contributed by atoms with Crippen molar-refractivity contribution in [3.63, 3.8) is 0 Å². The van der Waals surface area contributed by atoms with E-state index in [1.807, 2.05) is 0 Å². The van der Waals surface area contributed by atoms with Crippen LogP contribution in [0, 0.1) is 12.7 Å². The summed E-state index contributed by atoms with van der Waals surface area (Å²) in [4.78, 5) is 25.9. The number of benzene rings is 1. The fraction of sp³-hybridized carbons (Fsp3) is 0.429. The lowest BCUT2D eigenvalue weighted by molar-refractivity contribution is -0.128. The SMILES string of the molecule is Cc1occc1C(=O)NCC(=O)N(C)CCCC1CC(c2ccc(F)cc2)NN1. The number of furan rings is 1. The van der Waals surface area contributed by atoms with Gasteiger partial charge >= 0.3 is 0 Å². The standard InChI is InChI=1S/C21H27FN4O3/c1-14-18(9-11-29-14)21(28)23-13-20(27)26(2)10-3-4-17-12-19(25-24-17)15-5-7-16(22)8-6-15/h5-9,11,17,19,24-25H,3-4,10,12-13H2,1-2H3,(H,23,28). The first-order valence-corrected chi connectivity index (χ1v) is 9.77. The van der Waals surface area contributed by atoms with Gasteiger partial charge in [0.1, 0.15) is 11.6 Å². The van der Waals surface area contributed by atoms with Gasteiger partial charge in [0.15, 0.2) is 0 Å². The van der Waals surface area contributed by atoms with Crippen molar-refractivity contribution < 1.29 is 18.4 Å². The fourth-order valence-electron chi connectivity index (χ4n) is 3.43. The zero-order chi connectivity index (χ0) is 20.8. The van der Waals surface area contributed by atoms with Crippen molar-refractivity contribution in [1.82, 2.24) is 21.1 Å². The number of aryl methyl sites for hydroxylation is 1. The van der Waals surface area contributed by atoms with Crippen molar-refractivity contribution in [1.29, 1.82) is 0 Å². The molecule has 3 rings (SSSR count). The van der Waals surface area contributed by atoms with Gasteiger partial charge < -0.3 is 14.6 Å². The first kappa shape index (κ1) is 21.0. The summed E-state index contributed by atoms with van der Waals surface area (Å²) in [6.07, 6.45) is 4.10. The van der Waals surface area contributed by atoms with Crippen LogP contribution in [0.25, 0.3) is 0 Å². The third kappa shape index (κ3) is 5.65. The minimum Gasteiger partial charge on any atom is -0.469 e. The lowest BCUT2D eigenvalue weighted by Crippen LogP contribution is -2.39. The maximum atomic E-state index is 13.1. The van der Waals surface area contributed by atoms with Crippen LogP contribution in [-0.2, 0) is 4.79 Å². The summed E-state index contributed by atoms with van der Waals surface area (Å²) >= 11 is 0. The van der Waals surface area contributed by atoms with Gasteiger partial charge in [0.05, 0.1) is 18.4 Å². The van der Waals surface area contributed by atoms with Crippen LogP contribution in [0.3, 0.4) is 0 Å². The van der Waals surface area contributed by atoms with Gasteiger partial charge in [0.2, 0.25) is 5.91 Å². The highest BCUT2D eigenvalue weighted by molar-refractivity contribution is 5.97. The summed E-state index contributed by atoms with van der Waals surface area (Å²) in [6.45, 7) is 2.27. The predicted octanol–water partition coefficient (Wildman–Crippen LogP) is 2.30. The number of likely N-dealkylation sites (N-methyl/N-ethyl adjacent to an activating group) is 1. The molecule has 0 radical (unpaired) electrons. The lowest BCUT2D eigenvalue weighted by Gasteiger charge is -2.18. The van der Waals surface area contributed by atoms with E-state index in [4.69, 9.17) is 4.42 Å². The molecule has 0 spiro atoms. The molecule has 2 unspecified atom stereocenters. The molecule has 156 valence electrons. The monoisotopic (exact) mass is 402 g/mol. The number of carbonyl (C=O) groups excluding carboxylic acids is 2. The van der Waals surface area contributed by atoms with E-state index < -0.39 is 0 Å². The highest BCUT2D eigenvalue weighted by atomic mass is 19.1. The second-order valence-electron chi connectivity index (χ2n) is 7.36. The molecular formula is C21H27FN4O3. The van der Waals surface area contributed by atoms with Crippen LogP contribution < -0.4 is 16.2 Å². The number of nitrogens with one attached hydrogen (secondary N) is 3. The molecule has 0 bridgehead atoms. The van der Waals surface area contributed by atoms with Crippen LogP contribution in [0.5, 0.6) is 0 Å². The molecule has 7 nitrogen and oxygen atoms in total. The number of hydrogen-bond donors (Lipinski definition) is 3. The Labute approximate surface area is 169 Å². The number of nitrogens with zero attached hydrogens (tertiary/aromatic N) is 1. The first-order chi connectivity index (χ1) is 13.9. The maximum absolute atomic E-state index is 13.1. The Bertz CT molecular complexity index is 837.